The molecule has 5 heteroatoms. The first-order valence-corrected chi connectivity index (χ1v) is 8.61. The Hall–Kier alpha value is -2.43. The van der Waals surface area contributed by atoms with Crippen molar-refractivity contribution < 1.29 is 14.1 Å². The van der Waals surface area contributed by atoms with Crippen LogP contribution < -0.4 is 0 Å². The van der Waals surface area contributed by atoms with E-state index in [0.29, 0.717) is 17.3 Å². The van der Waals surface area contributed by atoms with Gasteiger partial charge in [0, 0.05) is 11.1 Å². The molecule has 5 nitrogen and oxygen atoms in total. The molecular weight excluding hydrogens is 316 g/mol. The Morgan fingerprint density at radius 2 is 1.92 bits per heavy atom. The maximum atomic E-state index is 12.0. The van der Waals surface area contributed by atoms with Crippen molar-refractivity contribution in [3.05, 3.63) is 47.9 Å². The van der Waals surface area contributed by atoms with E-state index in [-0.39, 0.29) is 6.42 Å². The summed E-state index contributed by atoms with van der Waals surface area (Å²) >= 11 is 0. The molecule has 0 amide bonds. The minimum absolute atomic E-state index is 0.177. The zero-order valence-electron chi connectivity index (χ0n) is 15.5. The molecule has 0 aliphatic heterocycles. The molecule has 134 valence electrons. The second-order valence-corrected chi connectivity index (χ2v) is 7.09. The molecule has 1 aromatic carbocycles. The van der Waals surface area contributed by atoms with E-state index in [2.05, 4.69) is 35.8 Å². The van der Waals surface area contributed by atoms with E-state index in [1.807, 2.05) is 32.9 Å². The Morgan fingerprint density at radius 1 is 1.24 bits per heavy atom. The van der Waals surface area contributed by atoms with Crippen molar-refractivity contribution in [3.8, 4) is 11.4 Å². The zero-order chi connectivity index (χ0) is 18.4. The number of rotatable bonds is 7. The Kier molecular flexibility index (Phi) is 6.12. The number of unbranched alkanes of at least 4 members (excludes halogenated alkanes) is 1. The van der Waals surface area contributed by atoms with Crippen LogP contribution in [0.15, 0.2) is 40.9 Å². The maximum Gasteiger partial charge on any atom is 0.334 e. The van der Waals surface area contributed by atoms with E-state index >= 15 is 0 Å². The molecule has 0 saturated carbocycles. The van der Waals surface area contributed by atoms with Gasteiger partial charge in [0.25, 0.3) is 0 Å². The highest BCUT2D eigenvalue weighted by Gasteiger charge is 2.20. The van der Waals surface area contributed by atoms with Crippen LogP contribution in [0.25, 0.3) is 11.4 Å². The van der Waals surface area contributed by atoms with E-state index < -0.39 is 11.6 Å². The van der Waals surface area contributed by atoms with Crippen LogP contribution in [0.5, 0.6) is 0 Å². The molecule has 0 unspecified atom stereocenters. The van der Waals surface area contributed by atoms with Crippen LogP contribution in [0.1, 0.15) is 52.0 Å². The van der Waals surface area contributed by atoms with Gasteiger partial charge >= 0.3 is 5.97 Å². The number of aryl methyl sites for hydroxylation is 1. The Labute approximate surface area is 149 Å². The van der Waals surface area contributed by atoms with E-state index in [4.69, 9.17) is 9.26 Å². The summed E-state index contributed by atoms with van der Waals surface area (Å²) in [7, 11) is 0. The fraction of sp³-hybridized carbons (Fsp3) is 0.450. The lowest BCUT2D eigenvalue weighted by molar-refractivity contribution is -0.150. The summed E-state index contributed by atoms with van der Waals surface area (Å²) in [6.45, 7) is 11.4. The molecule has 2 rings (SSSR count). The molecule has 0 spiro atoms. The molecule has 2 aromatic rings. The fourth-order valence-electron chi connectivity index (χ4n) is 2.25. The standard InChI is InChI=1S/C20H26N2O3/c1-6-7-8-15-9-11-16(12-10-15)18-21-17(25-22-18)13-14(2)19(23)24-20(3,4)5/h9-12H,2,6-8,13H2,1,3-5H3. The summed E-state index contributed by atoms with van der Waals surface area (Å²) in [5.74, 6) is 0.405. The van der Waals surface area contributed by atoms with Crippen LogP contribution in [0.2, 0.25) is 0 Å². The van der Waals surface area contributed by atoms with Crippen molar-refractivity contribution in [1.29, 1.82) is 0 Å². The molecule has 1 aromatic heterocycles. The zero-order valence-corrected chi connectivity index (χ0v) is 15.5. The van der Waals surface area contributed by atoms with Crippen molar-refractivity contribution in [2.24, 2.45) is 0 Å². The van der Waals surface area contributed by atoms with Gasteiger partial charge in [-0.1, -0.05) is 49.3 Å². The lowest BCUT2D eigenvalue weighted by Gasteiger charge is -2.19. The number of esters is 1. The average Bonchev–Trinajstić information content (AvgIpc) is 3.00. The van der Waals surface area contributed by atoms with Crippen LogP contribution in [0.3, 0.4) is 0 Å². The van der Waals surface area contributed by atoms with Gasteiger partial charge < -0.3 is 9.26 Å². The Balaban J connectivity index is 2.00. The van der Waals surface area contributed by atoms with Crippen molar-refractivity contribution in [1.82, 2.24) is 10.1 Å². The highest BCUT2D eigenvalue weighted by molar-refractivity contribution is 5.88. The number of nitrogens with zero attached hydrogens (tertiary/aromatic N) is 2. The summed E-state index contributed by atoms with van der Waals surface area (Å²) in [5, 5.41) is 3.99. The van der Waals surface area contributed by atoms with Gasteiger partial charge in [-0.3, -0.25) is 0 Å². The van der Waals surface area contributed by atoms with Gasteiger partial charge in [-0.15, -0.1) is 0 Å². The second-order valence-electron chi connectivity index (χ2n) is 7.09. The topological polar surface area (TPSA) is 65.2 Å². The first kappa shape index (κ1) is 18.9. The highest BCUT2D eigenvalue weighted by atomic mass is 16.6. The third-order valence-corrected chi connectivity index (χ3v) is 3.55. The average molecular weight is 342 g/mol. The first-order valence-electron chi connectivity index (χ1n) is 8.61. The van der Waals surface area contributed by atoms with Gasteiger partial charge in [0.2, 0.25) is 11.7 Å². The predicted octanol–water partition coefficient (Wildman–Crippen LogP) is 4.52. The van der Waals surface area contributed by atoms with Crippen molar-refractivity contribution in [3.63, 3.8) is 0 Å². The minimum atomic E-state index is -0.556. The minimum Gasteiger partial charge on any atom is -0.457 e. The summed E-state index contributed by atoms with van der Waals surface area (Å²) in [6, 6.07) is 8.14. The third kappa shape index (κ3) is 5.85. The molecule has 0 saturated heterocycles. The Bertz CT molecular complexity index is 724. The molecule has 0 aliphatic rings. The van der Waals surface area contributed by atoms with E-state index in [1.165, 1.54) is 18.4 Å². The molecule has 0 bridgehead atoms. The maximum absolute atomic E-state index is 12.0. The summed E-state index contributed by atoms with van der Waals surface area (Å²) in [6.07, 6.45) is 3.61. The Morgan fingerprint density at radius 3 is 2.52 bits per heavy atom. The van der Waals surface area contributed by atoms with Gasteiger partial charge in [0.05, 0.1) is 6.42 Å². The lowest BCUT2D eigenvalue weighted by Crippen LogP contribution is -2.25. The largest absolute Gasteiger partial charge is 0.457 e. The van der Waals surface area contributed by atoms with E-state index in [1.54, 1.807) is 0 Å². The summed E-state index contributed by atoms with van der Waals surface area (Å²) in [4.78, 5) is 16.3. The number of ether oxygens (including phenoxy) is 1. The van der Waals surface area contributed by atoms with Gasteiger partial charge in [-0.2, -0.15) is 4.98 Å². The normalized spacial score (nSPS) is 11.4. The SMILES string of the molecule is C=C(Cc1nc(-c2ccc(CCCC)cc2)no1)C(=O)OC(C)(C)C. The fourth-order valence-corrected chi connectivity index (χ4v) is 2.25. The number of hydrogen-bond acceptors (Lipinski definition) is 5. The quantitative estimate of drug-likeness (QED) is 0.547. The molecule has 25 heavy (non-hydrogen) atoms. The van der Waals surface area contributed by atoms with Crippen molar-refractivity contribution in [2.75, 3.05) is 0 Å². The van der Waals surface area contributed by atoms with Gasteiger partial charge in [-0.05, 0) is 39.2 Å². The first-order chi connectivity index (χ1) is 11.8. The van der Waals surface area contributed by atoms with Crippen LogP contribution in [0, 0.1) is 0 Å². The van der Waals surface area contributed by atoms with Crippen LogP contribution >= 0.6 is 0 Å². The van der Waals surface area contributed by atoms with Gasteiger partial charge in [0.15, 0.2) is 0 Å². The van der Waals surface area contributed by atoms with E-state index in [0.717, 1.165) is 12.0 Å². The molecule has 1 heterocycles. The van der Waals surface area contributed by atoms with Gasteiger partial charge in [0.1, 0.15) is 5.60 Å². The van der Waals surface area contributed by atoms with Crippen LogP contribution in [0.4, 0.5) is 0 Å². The molecular formula is C20H26N2O3. The van der Waals surface area contributed by atoms with Crippen molar-refractivity contribution >= 4 is 5.97 Å². The molecule has 0 radical (unpaired) electrons. The smallest absolute Gasteiger partial charge is 0.334 e. The number of aromatic nitrogens is 2. The number of benzene rings is 1. The summed E-state index contributed by atoms with van der Waals surface area (Å²) in [5.41, 5.74) is 1.92. The molecule has 0 aliphatic carbocycles. The van der Waals surface area contributed by atoms with Crippen LogP contribution in [-0.2, 0) is 22.4 Å². The van der Waals surface area contributed by atoms with Crippen molar-refractivity contribution in [2.45, 2.75) is 59.0 Å². The van der Waals surface area contributed by atoms with Crippen LogP contribution in [-0.4, -0.2) is 21.7 Å². The second kappa shape index (κ2) is 8.10. The third-order valence-electron chi connectivity index (χ3n) is 3.55. The van der Waals surface area contributed by atoms with E-state index in [9.17, 15) is 4.79 Å². The molecule has 0 fully saturated rings. The predicted molar refractivity (Wildman–Crippen MR) is 97.0 cm³/mol. The number of carbonyl (C=O) groups is 1. The molecule has 0 atom stereocenters. The number of carbonyl (C=O) groups excluding carboxylic acids is 1. The van der Waals surface area contributed by atoms with Gasteiger partial charge in [-0.25, -0.2) is 4.79 Å². The summed E-state index contributed by atoms with van der Waals surface area (Å²) < 4.78 is 10.5. The monoisotopic (exact) mass is 342 g/mol. The number of hydrogen-bond donors (Lipinski definition) is 0. The lowest BCUT2D eigenvalue weighted by atomic mass is 10.1. The molecule has 0 N–H and O–H groups in total. The highest BCUT2D eigenvalue weighted by Crippen LogP contribution is 2.19.